The number of fused-ring (bicyclic) bond motifs is 1. The molecule has 1 aliphatic rings. The Kier molecular flexibility index (Phi) is 7.77. The van der Waals surface area contributed by atoms with Crippen LogP contribution in [-0.2, 0) is 6.42 Å². The molecule has 2 rings (SSSR count). The topological polar surface area (TPSA) is 28.7 Å². The third-order valence-electron chi connectivity index (χ3n) is 2.73. The van der Waals surface area contributed by atoms with Crippen molar-refractivity contribution in [2.75, 3.05) is 0 Å². The Morgan fingerprint density at radius 2 is 1.94 bits per heavy atom. The van der Waals surface area contributed by atoms with E-state index in [-0.39, 0.29) is 0 Å². The van der Waals surface area contributed by atoms with Gasteiger partial charge in [-0.25, -0.2) is 0 Å². The Bertz CT molecular complexity index is 410. The first-order valence-corrected chi connectivity index (χ1v) is 6.78. The van der Waals surface area contributed by atoms with Gasteiger partial charge in [-0.05, 0) is 23.5 Å². The summed E-state index contributed by atoms with van der Waals surface area (Å²) in [5.41, 5.74) is 4.70. The molecule has 2 nitrogen and oxygen atoms in total. The van der Waals surface area contributed by atoms with E-state index in [0.29, 0.717) is 5.92 Å². The Labute approximate surface area is 112 Å². The summed E-state index contributed by atoms with van der Waals surface area (Å²) in [6.07, 6.45) is 6.72. The number of allylic oxidation sites excluding steroid dienone is 4. The van der Waals surface area contributed by atoms with Crippen molar-refractivity contribution in [1.82, 2.24) is 10.2 Å². The van der Waals surface area contributed by atoms with Gasteiger partial charge in [0.25, 0.3) is 0 Å². The molecule has 0 amide bonds. The molecule has 0 radical (unpaired) electrons. The van der Waals surface area contributed by atoms with E-state index in [2.05, 4.69) is 30.3 Å². The summed E-state index contributed by atoms with van der Waals surface area (Å²) in [5, 5.41) is 7.06. The summed E-state index contributed by atoms with van der Waals surface area (Å²) in [4.78, 5) is 0. The average molecular weight is 246 g/mol. The summed E-state index contributed by atoms with van der Waals surface area (Å²) in [5.74, 6) is 0.494. The van der Waals surface area contributed by atoms with E-state index in [1.165, 1.54) is 11.3 Å². The number of rotatable bonds is 1. The summed E-state index contributed by atoms with van der Waals surface area (Å²) < 4.78 is 0. The number of nitrogens with one attached hydrogen (secondary N) is 1. The standard InChI is InChI=1S/C12H14N2.2C2H6/c1-4-5-10-8(2)6-12-11(9(10)3)7-13-14-12;2*1-2/h4-5,7-8H,1,3,6H2,2H3,(H,13,14);2*1-2H3/b10-5-;;. The van der Waals surface area contributed by atoms with Gasteiger partial charge in [0.2, 0.25) is 0 Å². The molecule has 1 aromatic heterocycles. The molecule has 1 atom stereocenters. The molecule has 100 valence electrons. The van der Waals surface area contributed by atoms with Crippen LogP contribution in [0.4, 0.5) is 0 Å². The summed E-state index contributed by atoms with van der Waals surface area (Å²) in [6, 6.07) is 0. The predicted octanol–water partition coefficient (Wildman–Crippen LogP) is 4.78. The van der Waals surface area contributed by atoms with E-state index in [1.54, 1.807) is 0 Å². The minimum Gasteiger partial charge on any atom is -0.282 e. The monoisotopic (exact) mass is 246 g/mol. The van der Waals surface area contributed by atoms with Crippen molar-refractivity contribution in [3.8, 4) is 0 Å². The maximum absolute atomic E-state index is 4.10. The van der Waals surface area contributed by atoms with Crippen molar-refractivity contribution in [2.24, 2.45) is 5.92 Å². The van der Waals surface area contributed by atoms with Gasteiger partial charge in [0, 0.05) is 11.3 Å². The van der Waals surface area contributed by atoms with Crippen LogP contribution in [0.3, 0.4) is 0 Å². The number of H-pyrrole nitrogens is 1. The highest BCUT2D eigenvalue weighted by Crippen LogP contribution is 2.36. The lowest BCUT2D eigenvalue weighted by atomic mass is 9.81. The molecular formula is C16H26N2. The van der Waals surface area contributed by atoms with Crippen LogP contribution in [-0.4, -0.2) is 10.2 Å². The molecule has 1 aliphatic carbocycles. The van der Waals surface area contributed by atoms with E-state index >= 15 is 0 Å². The van der Waals surface area contributed by atoms with Crippen LogP contribution >= 0.6 is 0 Å². The zero-order valence-corrected chi connectivity index (χ0v) is 12.4. The maximum Gasteiger partial charge on any atom is 0.0568 e. The van der Waals surface area contributed by atoms with Gasteiger partial charge < -0.3 is 0 Å². The molecule has 0 fully saturated rings. The van der Waals surface area contributed by atoms with E-state index < -0.39 is 0 Å². The van der Waals surface area contributed by atoms with Gasteiger partial charge in [0.1, 0.15) is 0 Å². The van der Waals surface area contributed by atoms with Crippen molar-refractivity contribution in [3.05, 3.63) is 48.3 Å². The van der Waals surface area contributed by atoms with Gasteiger partial charge in [0.15, 0.2) is 0 Å². The number of hydrogen-bond donors (Lipinski definition) is 1. The van der Waals surface area contributed by atoms with Crippen LogP contribution in [0, 0.1) is 5.92 Å². The van der Waals surface area contributed by atoms with Gasteiger partial charge >= 0.3 is 0 Å². The number of aromatic amines is 1. The Balaban J connectivity index is 0.000000659. The highest BCUT2D eigenvalue weighted by molar-refractivity contribution is 5.80. The molecule has 0 aromatic carbocycles. The van der Waals surface area contributed by atoms with E-state index in [0.717, 1.165) is 17.6 Å². The number of aromatic nitrogens is 2. The Morgan fingerprint density at radius 1 is 1.33 bits per heavy atom. The van der Waals surface area contributed by atoms with Crippen LogP contribution in [0.5, 0.6) is 0 Å². The number of hydrogen-bond acceptors (Lipinski definition) is 1. The molecule has 0 spiro atoms. The molecule has 1 N–H and O–H groups in total. The highest BCUT2D eigenvalue weighted by Gasteiger charge is 2.23. The van der Waals surface area contributed by atoms with Gasteiger partial charge in [-0.15, -0.1) is 0 Å². The maximum atomic E-state index is 4.10. The van der Waals surface area contributed by atoms with Crippen LogP contribution in [0.25, 0.3) is 5.57 Å². The van der Waals surface area contributed by atoms with Crippen molar-refractivity contribution in [1.29, 1.82) is 0 Å². The van der Waals surface area contributed by atoms with Crippen LogP contribution in [0.15, 0.2) is 37.1 Å². The zero-order valence-electron chi connectivity index (χ0n) is 12.4. The molecule has 0 aliphatic heterocycles. The molecule has 1 unspecified atom stereocenters. The predicted molar refractivity (Wildman–Crippen MR) is 81.5 cm³/mol. The van der Waals surface area contributed by atoms with E-state index in [1.807, 2.05) is 46.0 Å². The lowest BCUT2D eigenvalue weighted by Gasteiger charge is -2.23. The first-order chi connectivity index (χ1) is 8.74. The smallest absolute Gasteiger partial charge is 0.0568 e. The molecule has 1 heterocycles. The molecule has 0 bridgehead atoms. The lowest BCUT2D eigenvalue weighted by Crippen LogP contribution is -2.12. The summed E-state index contributed by atoms with van der Waals surface area (Å²) in [7, 11) is 0. The fraction of sp³-hybridized carbons (Fsp3) is 0.438. The van der Waals surface area contributed by atoms with Gasteiger partial charge in [-0.3, -0.25) is 5.10 Å². The minimum atomic E-state index is 0.494. The zero-order chi connectivity index (χ0) is 14.1. The summed E-state index contributed by atoms with van der Waals surface area (Å²) >= 11 is 0. The van der Waals surface area contributed by atoms with Gasteiger partial charge in [-0.2, -0.15) is 5.10 Å². The third kappa shape index (κ3) is 3.46. The second kappa shape index (κ2) is 8.51. The number of nitrogens with zero attached hydrogens (tertiary/aromatic N) is 1. The van der Waals surface area contributed by atoms with Crippen LogP contribution in [0.2, 0.25) is 0 Å². The lowest BCUT2D eigenvalue weighted by molar-refractivity contribution is 0.667. The first kappa shape index (κ1) is 16.4. The second-order valence-electron chi connectivity index (χ2n) is 3.70. The Hall–Kier alpha value is -1.57. The average Bonchev–Trinajstić information content (AvgIpc) is 2.87. The van der Waals surface area contributed by atoms with E-state index in [9.17, 15) is 0 Å². The summed E-state index contributed by atoms with van der Waals surface area (Å²) in [6.45, 7) is 18.0. The van der Waals surface area contributed by atoms with Crippen molar-refractivity contribution >= 4 is 5.57 Å². The van der Waals surface area contributed by atoms with Crippen molar-refractivity contribution in [2.45, 2.75) is 41.0 Å². The third-order valence-corrected chi connectivity index (χ3v) is 2.73. The normalized spacial score (nSPS) is 19.1. The molecule has 2 heteroatoms. The SMILES string of the molecule is C=C/C=C1\C(=C)c2cn[nH]c2CC1C.CC.CC. The molecule has 0 saturated carbocycles. The van der Waals surface area contributed by atoms with Crippen LogP contribution < -0.4 is 0 Å². The second-order valence-corrected chi connectivity index (χ2v) is 3.70. The quantitative estimate of drug-likeness (QED) is 0.759. The van der Waals surface area contributed by atoms with E-state index in [4.69, 9.17) is 0 Å². The molecule has 1 aromatic rings. The van der Waals surface area contributed by atoms with Crippen molar-refractivity contribution in [3.63, 3.8) is 0 Å². The fourth-order valence-electron chi connectivity index (χ4n) is 1.99. The largest absolute Gasteiger partial charge is 0.282 e. The van der Waals surface area contributed by atoms with Crippen LogP contribution in [0.1, 0.15) is 45.9 Å². The minimum absolute atomic E-state index is 0.494. The van der Waals surface area contributed by atoms with Crippen molar-refractivity contribution < 1.29 is 0 Å². The van der Waals surface area contributed by atoms with Gasteiger partial charge in [-0.1, -0.05) is 59.9 Å². The molecule has 0 saturated heterocycles. The molecule has 18 heavy (non-hydrogen) atoms. The fourth-order valence-corrected chi connectivity index (χ4v) is 1.99. The van der Waals surface area contributed by atoms with Gasteiger partial charge in [0.05, 0.1) is 6.20 Å². The first-order valence-electron chi connectivity index (χ1n) is 6.78. The molecular weight excluding hydrogens is 220 g/mol. The Morgan fingerprint density at radius 3 is 2.50 bits per heavy atom. The highest BCUT2D eigenvalue weighted by atomic mass is 15.1.